The van der Waals surface area contributed by atoms with E-state index in [4.69, 9.17) is 9.15 Å². The van der Waals surface area contributed by atoms with Crippen LogP contribution in [0.15, 0.2) is 77.2 Å². The van der Waals surface area contributed by atoms with E-state index in [0.29, 0.717) is 46.1 Å². The fraction of sp³-hybridized carbons (Fsp3) is 0.259. The Labute approximate surface area is 198 Å². The molecular weight excluding hydrogens is 428 g/mol. The first kappa shape index (κ1) is 22.0. The van der Waals surface area contributed by atoms with E-state index in [2.05, 4.69) is 27.4 Å². The molecule has 0 spiro atoms. The summed E-state index contributed by atoms with van der Waals surface area (Å²) in [5.74, 6) is 1.67. The Balaban J connectivity index is 1.29. The highest BCUT2D eigenvalue weighted by Crippen LogP contribution is 2.28. The predicted molar refractivity (Wildman–Crippen MR) is 134 cm³/mol. The molecule has 2 unspecified atom stereocenters. The summed E-state index contributed by atoms with van der Waals surface area (Å²) in [6.07, 6.45) is 1.15. The van der Waals surface area contributed by atoms with Crippen LogP contribution in [0.4, 0.5) is 11.7 Å². The quantitative estimate of drug-likeness (QED) is 0.393. The van der Waals surface area contributed by atoms with Crippen molar-refractivity contribution in [2.45, 2.75) is 19.4 Å². The van der Waals surface area contributed by atoms with Crippen LogP contribution in [0.1, 0.15) is 23.7 Å². The number of para-hydroxylation sites is 1. The van der Waals surface area contributed by atoms with Crippen molar-refractivity contribution < 1.29 is 13.9 Å². The maximum atomic E-state index is 12.9. The minimum absolute atomic E-state index is 0.221. The summed E-state index contributed by atoms with van der Waals surface area (Å²) in [4.78, 5) is 19.6. The second-order valence-corrected chi connectivity index (χ2v) is 8.68. The Morgan fingerprint density at radius 2 is 1.94 bits per heavy atom. The van der Waals surface area contributed by atoms with Gasteiger partial charge in [-0.15, -0.1) is 0 Å². The molecule has 1 fully saturated rings. The number of fused-ring (bicyclic) bond motifs is 1. The smallest absolute Gasteiger partial charge is 0.298 e. The SMILES string of the molecule is CC(C1CCNC1)N(C)c1nc2cc(NC(=O)c3cccc(Oc4ccccc4)c3)ccc2o1. The maximum Gasteiger partial charge on any atom is 0.298 e. The fourth-order valence-electron chi connectivity index (χ4n) is 4.25. The number of hydrogen-bond donors (Lipinski definition) is 2. The standard InChI is InChI=1S/C27H28N4O3/c1-18(20-13-14-28-17-20)31(2)27-30-24-16-21(11-12-25(24)34-27)29-26(32)19-7-6-10-23(15-19)33-22-8-4-3-5-9-22/h3-12,15-16,18,20,28H,13-14,17H2,1-2H3,(H,29,32). The van der Waals surface area contributed by atoms with Crippen molar-refractivity contribution >= 4 is 28.7 Å². The third-order valence-electron chi connectivity index (χ3n) is 6.40. The number of carbonyl (C=O) groups is 1. The van der Waals surface area contributed by atoms with Crippen molar-refractivity contribution in [1.29, 1.82) is 0 Å². The summed E-state index contributed by atoms with van der Waals surface area (Å²) in [5, 5.41) is 6.36. The van der Waals surface area contributed by atoms with E-state index in [-0.39, 0.29) is 5.91 Å². The average Bonchev–Trinajstić information content (AvgIpc) is 3.54. The molecule has 1 aliphatic heterocycles. The van der Waals surface area contributed by atoms with Gasteiger partial charge in [0.15, 0.2) is 5.58 Å². The largest absolute Gasteiger partial charge is 0.457 e. The first-order valence-corrected chi connectivity index (χ1v) is 11.6. The third-order valence-corrected chi connectivity index (χ3v) is 6.40. The van der Waals surface area contributed by atoms with Gasteiger partial charge in [-0.3, -0.25) is 4.79 Å². The van der Waals surface area contributed by atoms with Gasteiger partial charge in [-0.05, 0) is 80.9 Å². The van der Waals surface area contributed by atoms with E-state index >= 15 is 0 Å². The predicted octanol–water partition coefficient (Wildman–Crippen LogP) is 5.31. The number of ether oxygens (including phenoxy) is 1. The summed E-state index contributed by atoms with van der Waals surface area (Å²) in [6.45, 7) is 4.27. The van der Waals surface area contributed by atoms with E-state index < -0.39 is 0 Å². The highest BCUT2D eigenvalue weighted by molar-refractivity contribution is 6.05. The van der Waals surface area contributed by atoms with Crippen LogP contribution in [-0.2, 0) is 0 Å². The Morgan fingerprint density at radius 1 is 1.12 bits per heavy atom. The number of nitrogens with one attached hydrogen (secondary N) is 2. The summed E-state index contributed by atoms with van der Waals surface area (Å²) < 4.78 is 11.8. The first-order chi connectivity index (χ1) is 16.6. The molecule has 174 valence electrons. The van der Waals surface area contributed by atoms with Crippen molar-refractivity contribution in [2.75, 3.05) is 30.4 Å². The Morgan fingerprint density at radius 3 is 2.74 bits per heavy atom. The van der Waals surface area contributed by atoms with E-state index in [1.165, 1.54) is 0 Å². The number of oxazole rings is 1. The Bertz CT molecular complexity index is 1280. The molecule has 4 aromatic rings. The van der Waals surface area contributed by atoms with E-state index in [0.717, 1.165) is 25.3 Å². The zero-order chi connectivity index (χ0) is 23.5. The summed E-state index contributed by atoms with van der Waals surface area (Å²) in [7, 11) is 2.01. The molecule has 5 rings (SSSR count). The lowest BCUT2D eigenvalue weighted by atomic mass is 10.00. The second kappa shape index (κ2) is 9.57. The summed E-state index contributed by atoms with van der Waals surface area (Å²) in [5.41, 5.74) is 2.56. The topological polar surface area (TPSA) is 79.6 Å². The van der Waals surface area contributed by atoms with Crippen LogP contribution in [0, 0.1) is 5.92 Å². The number of nitrogens with zero attached hydrogens (tertiary/aromatic N) is 2. The summed E-state index contributed by atoms with van der Waals surface area (Å²) in [6, 6.07) is 23.0. The normalized spacial score (nSPS) is 16.4. The summed E-state index contributed by atoms with van der Waals surface area (Å²) >= 11 is 0. The van der Waals surface area contributed by atoms with Crippen molar-refractivity contribution in [3.63, 3.8) is 0 Å². The lowest BCUT2D eigenvalue weighted by molar-refractivity contribution is 0.102. The number of carbonyl (C=O) groups excluding carboxylic acids is 1. The van der Waals surface area contributed by atoms with E-state index in [9.17, 15) is 4.79 Å². The highest BCUT2D eigenvalue weighted by Gasteiger charge is 2.26. The molecule has 0 bridgehead atoms. The van der Waals surface area contributed by atoms with Gasteiger partial charge in [-0.1, -0.05) is 24.3 Å². The molecule has 0 aliphatic carbocycles. The minimum Gasteiger partial charge on any atom is -0.457 e. The molecule has 7 heteroatoms. The fourth-order valence-corrected chi connectivity index (χ4v) is 4.25. The molecule has 0 radical (unpaired) electrons. The number of aromatic nitrogens is 1. The van der Waals surface area contributed by atoms with Crippen molar-refractivity contribution in [2.24, 2.45) is 5.92 Å². The monoisotopic (exact) mass is 456 g/mol. The van der Waals surface area contributed by atoms with Crippen molar-refractivity contribution in [1.82, 2.24) is 10.3 Å². The van der Waals surface area contributed by atoms with Crippen LogP contribution < -0.4 is 20.3 Å². The molecule has 34 heavy (non-hydrogen) atoms. The van der Waals surface area contributed by atoms with Crippen LogP contribution in [0.2, 0.25) is 0 Å². The average molecular weight is 457 g/mol. The zero-order valence-corrected chi connectivity index (χ0v) is 19.3. The number of amides is 1. The van der Waals surface area contributed by atoms with E-state index in [1.807, 2.05) is 61.6 Å². The van der Waals surface area contributed by atoms with Crippen LogP contribution >= 0.6 is 0 Å². The molecule has 7 nitrogen and oxygen atoms in total. The van der Waals surface area contributed by atoms with Gasteiger partial charge in [0.1, 0.15) is 17.0 Å². The van der Waals surface area contributed by atoms with Gasteiger partial charge in [0, 0.05) is 24.3 Å². The molecule has 1 saturated heterocycles. The number of benzene rings is 3. The van der Waals surface area contributed by atoms with Gasteiger partial charge in [0.2, 0.25) is 0 Å². The molecule has 3 aromatic carbocycles. The van der Waals surface area contributed by atoms with Crippen LogP contribution in [0.25, 0.3) is 11.1 Å². The molecular formula is C27H28N4O3. The number of anilines is 2. The van der Waals surface area contributed by atoms with Crippen LogP contribution in [-0.4, -0.2) is 37.1 Å². The molecule has 2 heterocycles. The van der Waals surface area contributed by atoms with Gasteiger partial charge in [0.25, 0.3) is 11.9 Å². The van der Waals surface area contributed by atoms with E-state index in [1.54, 1.807) is 18.2 Å². The third kappa shape index (κ3) is 4.75. The number of rotatable bonds is 7. The second-order valence-electron chi connectivity index (χ2n) is 8.68. The van der Waals surface area contributed by atoms with Crippen molar-refractivity contribution in [3.05, 3.63) is 78.4 Å². The van der Waals surface area contributed by atoms with Crippen LogP contribution in [0.5, 0.6) is 11.5 Å². The number of hydrogen-bond acceptors (Lipinski definition) is 6. The minimum atomic E-state index is -0.221. The van der Waals surface area contributed by atoms with Gasteiger partial charge in [0.05, 0.1) is 0 Å². The molecule has 1 aromatic heterocycles. The molecule has 0 saturated carbocycles. The maximum absolute atomic E-state index is 12.9. The highest BCUT2D eigenvalue weighted by atomic mass is 16.5. The van der Waals surface area contributed by atoms with Gasteiger partial charge in [-0.25, -0.2) is 0 Å². The lowest BCUT2D eigenvalue weighted by Crippen LogP contribution is -2.36. The Kier molecular flexibility index (Phi) is 6.18. The molecule has 2 atom stereocenters. The lowest BCUT2D eigenvalue weighted by Gasteiger charge is -2.27. The Hall–Kier alpha value is -3.84. The van der Waals surface area contributed by atoms with Crippen LogP contribution in [0.3, 0.4) is 0 Å². The van der Waals surface area contributed by atoms with Gasteiger partial charge < -0.3 is 24.7 Å². The first-order valence-electron chi connectivity index (χ1n) is 11.6. The van der Waals surface area contributed by atoms with Gasteiger partial charge >= 0.3 is 0 Å². The molecule has 1 amide bonds. The molecule has 2 N–H and O–H groups in total. The molecule has 1 aliphatic rings. The van der Waals surface area contributed by atoms with Crippen molar-refractivity contribution in [3.8, 4) is 11.5 Å². The van der Waals surface area contributed by atoms with Gasteiger partial charge in [-0.2, -0.15) is 4.98 Å². The zero-order valence-electron chi connectivity index (χ0n) is 19.3.